The number of amides is 3. The summed E-state index contributed by atoms with van der Waals surface area (Å²) in [4.78, 5) is 43.4. The van der Waals surface area contributed by atoms with Gasteiger partial charge in [0.2, 0.25) is 11.8 Å². The van der Waals surface area contributed by atoms with Gasteiger partial charge >= 0.3 is 6.09 Å². The average molecular weight is 520 g/mol. The number of carbonyl (C=O) groups excluding carboxylic acids is 3. The quantitative estimate of drug-likeness (QED) is 0.303. The predicted octanol–water partition coefficient (Wildman–Crippen LogP) is 3.92. The fourth-order valence-corrected chi connectivity index (χ4v) is 3.91. The van der Waals surface area contributed by atoms with Crippen LogP contribution in [0.1, 0.15) is 45.6 Å². The van der Waals surface area contributed by atoms with Gasteiger partial charge in [0.05, 0.1) is 17.4 Å². The second-order valence-electron chi connectivity index (χ2n) is 10.1. The van der Waals surface area contributed by atoms with Crippen LogP contribution in [0, 0.1) is 0 Å². The van der Waals surface area contributed by atoms with Crippen molar-refractivity contribution in [1.29, 1.82) is 0 Å². The van der Waals surface area contributed by atoms with E-state index in [2.05, 4.69) is 20.9 Å². The largest absolute Gasteiger partial charge is 0.444 e. The van der Waals surface area contributed by atoms with Crippen molar-refractivity contribution in [3.8, 4) is 0 Å². The minimum atomic E-state index is -0.900. The summed E-state index contributed by atoms with van der Waals surface area (Å²) in [6, 6.07) is 17.4. The minimum absolute atomic E-state index is 0.309. The van der Waals surface area contributed by atoms with Crippen molar-refractivity contribution >= 4 is 34.5 Å². The van der Waals surface area contributed by atoms with Gasteiger partial charge in [-0.2, -0.15) is 0 Å². The first kappa shape index (κ1) is 28.6. The Morgan fingerprint density at radius 3 is 2.32 bits per heavy atom. The second-order valence-corrected chi connectivity index (χ2v) is 10.1. The van der Waals surface area contributed by atoms with Gasteiger partial charge in [0.15, 0.2) is 0 Å². The molecule has 0 fully saturated rings. The van der Waals surface area contributed by atoms with Crippen LogP contribution in [0.5, 0.6) is 0 Å². The highest BCUT2D eigenvalue weighted by molar-refractivity contribution is 5.99. The lowest BCUT2D eigenvalue weighted by atomic mass is 10.0. The zero-order valence-electron chi connectivity index (χ0n) is 22.2. The molecule has 2 atom stereocenters. The highest BCUT2D eigenvalue weighted by atomic mass is 16.6. The topological polar surface area (TPSA) is 135 Å². The van der Waals surface area contributed by atoms with Crippen LogP contribution in [0.4, 0.5) is 10.5 Å². The van der Waals surface area contributed by atoms with Gasteiger partial charge in [-0.3, -0.25) is 14.6 Å². The van der Waals surface area contributed by atoms with Gasteiger partial charge in [-0.1, -0.05) is 48.5 Å². The first-order valence-corrected chi connectivity index (χ1v) is 12.8. The zero-order chi connectivity index (χ0) is 27.5. The number of hydrogen-bond acceptors (Lipinski definition) is 6. The van der Waals surface area contributed by atoms with Crippen LogP contribution in [0.15, 0.2) is 66.9 Å². The molecule has 0 saturated heterocycles. The maximum Gasteiger partial charge on any atom is 0.408 e. The summed E-state index contributed by atoms with van der Waals surface area (Å²) >= 11 is 0. The van der Waals surface area contributed by atoms with Gasteiger partial charge in [-0.15, -0.1) is 0 Å². The highest BCUT2D eigenvalue weighted by Gasteiger charge is 2.28. The van der Waals surface area contributed by atoms with Crippen molar-refractivity contribution < 1.29 is 19.1 Å². The summed E-state index contributed by atoms with van der Waals surface area (Å²) in [5, 5.41) is 9.23. The fourth-order valence-electron chi connectivity index (χ4n) is 3.91. The third-order valence-corrected chi connectivity index (χ3v) is 5.76. The average Bonchev–Trinajstić information content (AvgIpc) is 2.88. The van der Waals surface area contributed by atoms with Crippen LogP contribution in [-0.4, -0.2) is 47.1 Å². The van der Waals surface area contributed by atoms with Crippen LogP contribution in [0.2, 0.25) is 0 Å². The first-order valence-electron chi connectivity index (χ1n) is 12.8. The van der Waals surface area contributed by atoms with Crippen LogP contribution in [0.3, 0.4) is 0 Å². The molecular formula is C29H37N5O4. The number of ether oxygens (including phenoxy) is 1. The Bertz CT molecular complexity index is 1230. The molecule has 1 heterocycles. The van der Waals surface area contributed by atoms with E-state index in [1.54, 1.807) is 27.0 Å². The van der Waals surface area contributed by atoms with E-state index in [9.17, 15) is 14.4 Å². The van der Waals surface area contributed by atoms with Gasteiger partial charge in [-0.25, -0.2) is 4.79 Å². The summed E-state index contributed by atoms with van der Waals surface area (Å²) in [6.07, 6.45) is 2.63. The Morgan fingerprint density at radius 2 is 1.61 bits per heavy atom. The minimum Gasteiger partial charge on any atom is -0.444 e. The maximum absolute atomic E-state index is 13.4. The number of aromatic nitrogens is 1. The number of carbonyl (C=O) groups is 3. The molecule has 0 aliphatic heterocycles. The first-order chi connectivity index (χ1) is 18.1. The molecule has 2 aromatic carbocycles. The van der Waals surface area contributed by atoms with Gasteiger partial charge < -0.3 is 26.4 Å². The molecule has 3 rings (SSSR count). The zero-order valence-corrected chi connectivity index (χ0v) is 22.2. The molecule has 0 unspecified atom stereocenters. The molecule has 0 aliphatic carbocycles. The Kier molecular flexibility index (Phi) is 10.2. The van der Waals surface area contributed by atoms with E-state index in [0.717, 1.165) is 16.5 Å². The molecule has 3 aromatic rings. The number of anilines is 1. The number of benzene rings is 2. The summed E-state index contributed by atoms with van der Waals surface area (Å²) in [5.74, 6) is -0.852. The highest BCUT2D eigenvalue weighted by Crippen LogP contribution is 2.17. The molecule has 3 amide bonds. The number of alkyl carbamates (subject to hydrolysis) is 1. The normalized spacial score (nSPS) is 12.8. The lowest BCUT2D eigenvalue weighted by Crippen LogP contribution is -2.53. The number of para-hydroxylation sites is 1. The summed E-state index contributed by atoms with van der Waals surface area (Å²) < 4.78 is 5.32. The van der Waals surface area contributed by atoms with Crippen molar-refractivity contribution in [3.05, 3.63) is 72.4 Å². The summed E-state index contributed by atoms with van der Waals surface area (Å²) in [5.41, 5.74) is 7.32. The smallest absolute Gasteiger partial charge is 0.408 e. The van der Waals surface area contributed by atoms with Crippen molar-refractivity contribution in [2.24, 2.45) is 5.73 Å². The number of aryl methyl sites for hydroxylation is 1. The van der Waals surface area contributed by atoms with Crippen molar-refractivity contribution in [1.82, 2.24) is 15.6 Å². The molecule has 0 saturated carbocycles. The SMILES string of the molecule is CC(C)(C)OC(=O)N[C@@H](CCCN)C(=O)N[C@@H](CCc1ccccc1)C(=O)Nc1cnc2ccccc2c1. The molecule has 9 nitrogen and oxygen atoms in total. The molecule has 0 bridgehead atoms. The molecular weight excluding hydrogens is 482 g/mol. The molecule has 0 radical (unpaired) electrons. The summed E-state index contributed by atoms with van der Waals surface area (Å²) in [7, 11) is 0. The Morgan fingerprint density at radius 1 is 0.921 bits per heavy atom. The Labute approximate surface area is 223 Å². The monoisotopic (exact) mass is 519 g/mol. The molecule has 9 heteroatoms. The van der Waals surface area contributed by atoms with E-state index in [1.165, 1.54) is 0 Å². The number of hydrogen-bond donors (Lipinski definition) is 4. The van der Waals surface area contributed by atoms with Gasteiger partial charge in [-0.05, 0) is 70.7 Å². The number of nitrogens with one attached hydrogen (secondary N) is 3. The van der Waals surface area contributed by atoms with Crippen molar-refractivity contribution in [2.75, 3.05) is 11.9 Å². The van der Waals surface area contributed by atoms with Crippen LogP contribution >= 0.6 is 0 Å². The van der Waals surface area contributed by atoms with E-state index in [-0.39, 0.29) is 5.91 Å². The molecule has 1 aromatic heterocycles. The molecule has 0 spiro atoms. The third-order valence-electron chi connectivity index (χ3n) is 5.76. The number of pyridine rings is 1. The van der Waals surface area contributed by atoms with E-state index in [0.29, 0.717) is 37.9 Å². The van der Waals surface area contributed by atoms with Crippen LogP contribution < -0.4 is 21.7 Å². The lowest BCUT2D eigenvalue weighted by molar-refractivity contribution is -0.128. The second kappa shape index (κ2) is 13.5. The van der Waals surface area contributed by atoms with E-state index < -0.39 is 29.7 Å². The number of nitrogens with zero attached hydrogens (tertiary/aromatic N) is 1. The van der Waals surface area contributed by atoms with E-state index in [4.69, 9.17) is 10.5 Å². The molecule has 0 aliphatic rings. The summed E-state index contributed by atoms with van der Waals surface area (Å²) in [6.45, 7) is 5.58. The van der Waals surface area contributed by atoms with Crippen LogP contribution in [-0.2, 0) is 20.7 Å². The Balaban J connectivity index is 1.76. The van der Waals surface area contributed by atoms with Crippen molar-refractivity contribution in [3.63, 3.8) is 0 Å². The number of fused-ring (bicyclic) bond motifs is 1. The lowest BCUT2D eigenvalue weighted by Gasteiger charge is -2.25. The molecule has 38 heavy (non-hydrogen) atoms. The predicted molar refractivity (Wildman–Crippen MR) is 149 cm³/mol. The van der Waals surface area contributed by atoms with Crippen LogP contribution in [0.25, 0.3) is 10.9 Å². The maximum atomic E-state index is 13.4. The number of rotatable bonds is 11. The van der Waals surface area contributed by atoms with E-state index in [1.807, 2.05) is 60.7 Å². The van der Waals surface area contributed by atoms with Crippen molar-refractivity contribution in [2.45, 2.75) is 64.1 Å². The Hall–Kier alpha value is -3.98. The van der Waals surface area contributed by atoms with Gasteiger partial charge in [0, 0.05) is 5.39 Å². The third kappa shape index (κ3) is 9.15. The van der Waals surface area contributed by atoms with Gasteiger partial charge in [0.25, 0.3) is 0 Å². The standard InChI is InChI=1S/C29H37N5O4/c1-29(2,3)38-28(37)34-24(14-9-17-30)27(36)33-25(16-15-20-10-5-4-6-11-20)26(35)32-22-18-21-12-7-8-13-23(21)31-19-22/h4-8,10-13,18-19,24-25H,9,14-17,30H2,1-3H3,(H,32,35)(H,33,36)(H,34,37)/t24-,25-/m0/s1. The molecule has 5 N–H and O–H groups in total. The van der Waals surface area contributed by atoms with Gasteiger partial charge in [0.1, 0.15) is 17.7 Å². The van der Waals surface area contributed by atoms with E-state index >= 15 is 0 Å². The molecule has 202 valence electrons. The number of nitrogens with two attached hydrogens (primary N) is 1. The fraction of sp³-hybridized carbons (Fsp3) is 0.379.